The van der Waals surface area contributed by atoms with Gasteiger partial charge in [0.15, 0.2) is 0 Å². The fraction of sp³-hybridized carbons (Fsp3) is 0.636. The van der Waals surface area contributed by atoms with Crippen LogP contribution < -0.4 is 5.32 Å². The SMILES string of the molecule is COC(C)(C)CNC(C)c1cc(Br)cs1. The van der Waals surface area contributed by atoms with Crippen molar-refractivity contribution in [3.8, 4) is 0 Å². The predicted molar refractivity (Wildman–Crippen MR) is 69.5 cm³/mol. The van der Waals surface area contributed by atoms with Crippen molar-refractivity contribution in [3.05, 3.63) is 20.8 Å². The number of rotatable bonds is 5. The van der Waals surface area contributed by atoms with E-state index >= 15 is 0 Å². The van der Waals surface area contributed by atoms with Gasteiger partial charge in [0, 0.05) is 34.4 Å². The summed E-state index contributed by atoms with van der Waals surface area (Å²) in [7, 11) is 1.74. The van der Waals surface area contributed by atoms with Gasteiger partial charge >= 0.3 is 0 Å². The molecule has 1 aromatic heterocycles. The number of thiophene rings is 1. The molecule has 0 aliphatic rings. The van der Waals surface area contributed by atoms with Crippen LogP contribution in [0.3, 0.4) is 0 Å². The van der Waals surface area contributed by atoms with Gasteiger partial charge in [-0.25, -0.2) is 0 Å². The fourth-order valence-electron chi connectivity index (χ4n) is 1.13. The first kappa shape index (κ1) is 13.2. The van der Waals surface area contributed by atoms with E-state index in [4.69, 9.17) is 4.74 Å². The Labute approximate surface area is 104 Å². The maximum absolute atomic E-state index is 5.36. The van der Waals surface area contributed by atoms with Crippen molar-refractivity contribution in [2.75, 3.05) is 13.7 Å². The lowest BCUT2D eigenvalue weighted by Gasteiger charge is -2.25. The molecule has 0 aliphatic heterocycles. The second-order valence-electron chi connectivity index (χ2n) is 4.23. The molecule has 1 atom stereocenters. The number of nitrogens with one attached hydrogen (secondary N) is 1. The van der Waals surface area contributed by atoms with Gasteiger partial charge in [-0.3, -0.25) is 0 Å². The quantitative estimate of drug-likeness (QED) is 0.895. The largest absolute Gasteiger partial charge is 0.377 e. The van der Waals surface area contributed by atoms with Gasteiger partial charge in [-0.15, -0.1) is 11.3 Å². The number of methoxy groups -OCH3 is 1. The van der Waals surface area contributed by atoms with Crippen LogP contribution in [0, 0.1) is 0 Å². The van der Waals surface area contributed by atoms with Crippen molar-refractivity contribution < 1.29 is 4.74 Å². The first-order valence-corrected chi connectivity index (χ1v) is 6.64. The molecule has 1 heterocycles. The van der Waals surface area contributed by atoms with Crippen LogP contribution in [0.15, 0.2) is 15.9 Å². The topological polar surface area (TPSA) is 21.3 Å². The summed E-state index contributed by atoms with van der Waals surface area (Å²) in [6.45, 7) is 7.18. The van der Waals surface area contributed by atoms with E-state index in [0.29, 0.717) is 6.04 Å². The van der Waals surface area contributed by atoms with Gasteiger partial charge in [0.05, 0.1) is 5.60 Å². The molecule has 0 aromatic carbocycles. The highest BCUT2D eigenvalue weighted by Gasteiger charge is 2.17. The standard InChI is InChI=1S/C11H18BrNOS/c1-8(10-5-9(12)6-15-10)13-7-11(2,3)14-4/h5-6,8,13H,7H2,1-4H3. The molecule has 0 amide bonds. The van der Waals surface area contributed by atoms with Crippen LogP contribution in [0.2, 0.25) is 0 Å². The molecule has 0 aliphatic carbocycles. The molecule has 1 aromatic rings. The molecular weight excluding hydrogens is 274 g/mol. The lowest BCUT2D eigenvalue weighted by Crippen LogP contribution is -2.37. The lowest BCUT2D eigenvalue weighted by molar-refractivity contribution is 0.0215. The van der Waals surface area contributed by atoms with Gasteiger partial charge in [-0.1, -0.05) is 0 Å². The van der Waals surface area contributed by atoms with Crippen molar-refractivity contribution in [3.63, 3.8) is 0 Å². The van der Waals surface area contributed by atoms with Crippen LogP contribution >= 0.6 is 27.3 Å². The summed E-state index contributed by atoms with van der Waals surface area (Å²) in [5.41, 5.74) is -0.108. The van der Waals surface area contributed by atoms with Crippen LogP contribution in [0.5, 0.6) is 0 Å². The monoisotopic (exact) mass is 291 g/mol. The number of ether oxygens (including phenoxy) is 1. The van der Waals surface area contributed by atoms with Gasteiger partial charge in [0.1, 0.15) is 0 Å². The molecule has 0 saturated carbocycles. The molecule has 0 saturated heterocycles. The second-order valence-corrected chi connectivity index (χ2v) is 6.09. The lowest BCUT2D eigenvalue weighted by atomic mass is 10.1. The van der Waals surface area contributed by atoms with E-state index in [1.807, 2.05) is 0 Å². The molecule has 0 bridgehead atoms. The number of halogens is 1. The van der Waals surface area contributed by atoms with Crippen molar-refractivity contribution in [1.29, 1.82) is 0 Å². The highest BCUT2D eigenvalue weighted by molar-refractivity contribution is 9.10. The average Bonchev–Trinajstić information content (AvgIpc) is 2.61. The molecule has 4 heteroatoms. The zero-order valence-electron chi connectivity index (χ0n) is 9.63. The van der Waals surface area contributed by atoms with E-state index in [1.54, 1.807) is 18.4 Å². The summed E-state index contributed by atoms with van der Waals surface area (Å²) in [4.78, 5) is 1.34. The number of hydrogen-bond acceptors (Lipinski definition) is 3. The van der Waals surface area contributed by atoms with Crippen LogP contribution in [0.1, 0.15) is 31.7 Å². The van der Waals surface area contributed by atoms with Gasteiger partial charge in [0.25, 0.3) is 0 Å². The Morgan fingerprint density at radius 3 is 2.73 bits per heavy atom. The van der Waals surface area contributed by atoms with Crippen molar-refractivity contribution in [2.24, 2.45) is 0 Å². The molecule has 86 valence electrons. The zero-order valence-corrected chi connectivity index (χ0v) is 12.0. The maximum atomic E-state index is 5.36. The molecular formula is C11H18BrNOS. The molecule has 0 radical (unpaired) electrons. The minimum atomic E-state index is -0.108. The predicted octanol–water partition coefficient (Wildman–Crippen LogP) is 3.59. The summed E-state index contributed by atoms with van der Waals surface area (Å²) < 4.78 is 6.52. The second kappa shape index (κ2) is 5.43. The zero-order chi connectivity index (χ0) is 11.5. The van der Waals surface area contributed by atoms with E-state index < -0.39 is 0 Å². The highest BCUT2D eigenvalue weighted by Crippen LogP contribution is 2.25. The van der Waals surface area contributed by atoms with E-state index in [1.165, 1.54) is 4.88 Å². The third kappa shape index (κ3) is 4.23. The van der Waals surface area contributed by atoms with E-state index in [9.17, 15) is 0 Å². The van der Waals surface area contributed by atoms with Gasteiger partial charge in [-0.2, -0.15) is 0 Å². The Hall–Kier alpha value is 0.1000. The first-order chi connectivity index (χ1) is 6.94. The van der Waals surface area contributed by atoms with Gasteiger partial charge in [0.2, 0.25) is 0 Å². The highest BCUT2D eigenvalue weighted by atomic mass is 79.9. The molecule has 0 spiro atoms. The summed E-state index contributed by atoms with van der Waals surface area (Å²) in [5, 5.41) is 5.57. The Bertz CT molecular complexity index is 311. The summed E-state index contributed by atoms with van der Waals surface area (Å²) >= 11 is 5.23. The molecule has 1 N–H and O–H groups in total. The Morgan fingerprint density at radius 2 is 2.27 bits per heavy atom. The van der Waals surface area contributed by atoms with E-state index in [-0.39, 0.29) is 5.60 Å². The van der Waals surface area contributed by atoms with Crippen molar-refractivity contribution in [1.82, 2.24) is 5.32 Å². The van der Waals surface area contributed by atoms with Crippen LogP contribution in [-0.4, -0.2) is 19.3 Å². The van der Waals surface area contributed by atoms with Crippen LogP contribution in [-0.2, 0) is 4.74 Å². The van der Waals surface area contributed by atoms with Crippen LogP contribution in [0.4, 0.5) is 0 Å². The Balaban J connectivity index is 2.46. The summed E-state index contributed by atoms with van der Waals surface area (Å²) in [6.07, 6.45) is 0. The molecule has 2 nitrogen and oxygen atoms in total. The summed E-state index contributed by atoms with van der Waals surface area (Å²) in [6, 6.07) is 2.53. The van der Waals surface area contributed by atoms with Gasteiger partial charge in [-0.05, 0) is 42.8 Å². The first-order valence-electron chi connectivity index (χ1n) is 4.97. The van der Waals surface area contributed by atoms with Crippen LogP contribution in [0.25, 0.3) is 0 Å². The Kier molecular flexibility index (Phi) is 4.77. The Morgan fingerprint density at radius 1 is 1.60 bits per heavy atom. The minimum absolute atomic E-state index is 0.108. The molecule has 1 unspecified atom stereocenters. The third-order valence-corrected chi connectivity index (χ3v) is 4.28. The normalized spacial score (nSPS) is 14.2. The molecule has 15 heavy (non-hydrogen) atoms. The number of hydrogen-bond donors (Lipinski definition) is 1. The molecule has 0 fully saturated rings. The maximum Gasteiger partial charge on any atom is 0.0746 e. The third-order valence-electron chi connectivity index (χ3n) is 2.40. The summed E-state index contributed by atoms with van der Waals surface area (Å²) in [5.74, 6) is 0. The average molecular weight is 292 g/mol. The van der Waals surface area contributed by atoms with E-state index in [2.05, 4.69) is 53.5 Å². The van der Waals surface area contributed by atoms with Gasteiger partial charge < -0.3 is 10.1 Å². The van der Waals surface area contributed by atoms with Crippen molar-refractivity contribution >= 4 is 27.3 Å². The minimum Gasteiger partial charge on any atom is -0.377 e. The smallest absolute Gasteiger partial charge is 0.0746 e. The fourth-order valence-corrected chi connectivity index (χ4v) is 2.60. The molecule has 1 rings (SSSR count). The van der Waals surface area contributed by atoms with E-state index in [0.717, 1.165) is 11.0 Å². The van der Waals surface area contributed by atoms with Crippen molar-refractivity contribution in [2.45, 2.75) is 32.4 Å².